The summed E-state index contributed by atoms with van der Waals surface area (Å²) in [6.45, 7) is 5.44. The third-order valence-electron chi connectivity index (χ3n) is 6.65. The van der Waals surface area contributed by atoms with Crippen LogP contribution in [0, 0.1) is 19.3 Å². The Morgan fingerprint density at radius 3 is 2.62 bits per heavy atom. The van der Waals surface area contributed by atoms with Gasteiger partial charge in [-0.1, -0.05) is 0 Å². The highest BCUT2D eigenvalue weighted by Gasteiger charge is 2.37. The molecule has 10 nitrogen and oxygen atoms in total. The second-order valence-electron chi connectivity index (χ2n) is 8.98. The maximum atomic E-state index is 12.9. The van der Waals surface area contributed by atoms with E-state index in [1.165, 1.54) is 16.8 Å². The van der Waals surface area contributed by atoms with Gasteiger partial charge in [-0.2, -0.15) is 15.1 Å². The average Bonchev–Trinajstić information content (AvgIpc) is 3.61. The number of nitrogens with zero attached hydrogens (tertiary/aromatic N) is 5. The normalized spacial score (nSPS) is 18.3. The molecule has 5 rings (SSSR count). The van der Waals surface area contributed by atoms with Gasteiger partial charge in [0, 0.05) is 30.5 Å². The summed E-state index contributed by atoms with van der Waals surface area (Å²) >= 11 is 1.17. The quantitative estimate of drug-likeness (QED) is 0.581. The first kappa shape index (κ1) is 24.8. The molecule has 1 aromatic heterocycles. The van der Waals surface area contributed by atoms with Crippen LogP contribution in [-0.2, 0) is 9.59 Å². The van der Waals surface area contributed by atoms with Crippen LogP contribution in [0.5, 0.6) is 11.5 Å². The Labute approximate surface area is 219 Å². The van der Waals surface area contributed by atoms with E-state index in [0.717, 1.165) is 48.6 Å². The summed E-state index contributed by atoms with van der Waals surface area (Å²) < 4.78 is 13.0. The molecule has 0 aliphatic carbocycles. The number of amidine groups is 2. The highest BCUT2D eigenvalue weighted by Crippen LogP contribution is 2.34. The van der Waals surface area contributed by atoms with Crippen LogP contribution in [0.2, 0.25) is 0 Å². The van der Waals surface area contributed by atoms with E-state index < -0.39 is 5.91 Å². The number of hydrogen-bond donors (Lipinski definition) is 1. The Morgan fingerprint density at radius 1 is 1.16 bits per heavy atom. The second-order valence-corrected chi connectivity index (χ2v) is 10.0. The molecular formula is C26H28N6O4S. The van der Waals surface area contributed by atoms with Crippen molar-refractivity contribution in [2.75, 3.05) is 27.3 Å². The summed E-state index contributed by atoms with van der Waals surface area (Å²) in [5.41, 5.74) is 3.50. The van der Waals surface area contributed by atoms with Crippen molar-refractivity contribution in [3.63, 3.8) is 0 Å². The van der Waals surface area contributed by atoms with Gasteiger partial charge in [0.15, 0.2) is 5.84 Å². The Morgan fingerprint density at radius 2 is 1.92 bits per heavy atom. The molecule has 0 bridgehead atoms. The zero-order valence-corrected chi connectivity index (χ0v) is 22.0. The lowest BCUT2D eigenvalue weighted by molar-refractivity contribution is -0.128. The summed E-state index contributed by atoms with van der Waals surface area (Å²) in [6, 6.07) is 7.51. The molecule has 2 aromatic rings. The molecule has 0 saturated carbocycles. The summed E-state index contributed by atoms with van der Waals surface area (Å²) in [6.07, 6.45) is 3.85. The van der Waals surface area contributed by atoms with Gasteiger partial charge in [0.1, 0.15) is 16.5 Å². The van der Waals surface area contributed by atoms with Crippen molar-refractivity contribution in [1.29, 1.82) is 5.41 Å². The molecule has 1 fully saturated rings. The van der Waals surface area contributed by atoms with Crippen LogP contribution in [-0.4, -0.2) is 69.6 Å². The molecule has 0 spiro atoms. The number of carbonyl (C=O) groups is 2. The fourth-order valence-electron chi connectivity index (χ4n) is 4.74. The van der Waals surface area contributed by atoms with Crippen molar-refractivity contribution in [1.82, 2.24) is 14.5 Å². The molecule has 3 aliphatic heterocycles. The molecule has 1 aromatic carbocycles. The minimum atomic E-state index is -0.505. The Kier molecular flexibility index (Phi) is 6.63. The third-order valence-corrected chi connectivity index (χ3v) is 7.56. The van der Waals surface area contributed by atoms with E-state index in [4.69, 9.17) is 14.9 Å². The standard InChI is InChI=1S/C26H28N6O4S/c1-15-11-17(16(2)31(15)20-13-18(35-3)7-8-21(20)36-4)12-19-24(27)32-26(28-25(19)34)37-22(29-32)14-23(33)30-9-5-6-10-30/h7-8,11-13,27H,5-6,9-10,14H2,1-4H3/b19-12-,27-24?. The molecule has 0 unspecified atom stereocenters. The number of hydrogen-bond acceptors (Lipinski definition) is 7. The van der Waals surface area contributed by atoms with Crippen molar-refractivity contribution in [3.8, 4) is 17.2 Å². The number of nitrogens with one attached hydrogen (secondary N) is 1. The number of amides is 2. The lowest BCUT2D eigenvalue weighted by atomic mass is 10.1. The molecule has 3 aliphatic rings. The van der Waals surface area contributed by atoms with E-state index in [2.05, 4.69) is 10.1 Å². The Hall–Kier alpha value is -3.86. The van der Waals surface area contributed by atoms with E-state index in [-0.39, 0.29) is 23.7 Å². The maximum Gasteiger partial charge on any atom is 0.283 e. The predicted molar refractivity (Wildman–Crippen MR) is 144 cm³/mol. The van der Waals surface area contributed by atoms with Crippen LogP contribution in [0.4, 0.5) is 0 Å². The number of methoxy groups -OCH3 is 2. The summed E-state index contributed by atoms with van der Waals surface area (Å²) in [7, 11) is 3.22. The molecule has 4 heterocycles. The number of carbonyl (C=O) groups excluding carboxylic acids is 2. The SMILES string of the molecule is COc1ccc(OC)c(-n2c(C)cc(/C=C3/C(=N)N4N=C(CC(=O)N5CCCC5)SC4=NC3=O)c2C)c1. The molecule has 0 atom stereocenters. The third kappa shape index (κ3) is 4.55. The fourth-order valence-corrected chi connectivity index (χ4v) is 5.62. The minimum Gasteiger partial charge on any atom is -0.497 e. The van der Waals surface area contributed by atoms with Gasteiger partial charge in [-0.15, -0.1) is 0 Å². The number of aryl methyl sites for hydroxylation is 1. The zero-order valence-electron chi connectivity index (χ0n) is 21.2. The first-order chi connectivity index (χ1) is 17.8. The van der Waals surface area contributed by atoms with Crippen molar-refractivity contribution in [3.05, 3.63) is 46.8 Å². The van der Waals surface area contributed by atoms with E-state index in [9.17, 15) is 9.59 Å². The van der Waals surface area contributed by atoms with E-state index >= 15 is 0 Å². The number of benzene rings is 1. The highest BCUT2D eigenvalue weighted by molar-refractivity contribution is 8.27. The summed E-state index contributed by atoms with van der Waals surface area (Å²) in [5.74, 6) is 0.817. The zero-order chi connectivity index (χ0) is 26.3. The number of likely N-dealkylation sites (tertiary alicyclic amines) is 1. The van der Waals surface area contributed by atoms with E-state index in [1.807, 2.05) is 47.6 Å². The lowest BCUT2D eigenvalue weighted by Gasteiger charge is -2.20. The number of hydrazone groups is 1. The van der Waals surface area contributed by atoms with Crippen LogP contribution < -0.4 is 9.47 Å². The molecule has 192 valence electrons. The smallest absolute Gasteiger partial charge is 0.283 e. The molecule has 2 amide bonds. The van der Waals surface area contributed by atoms with Gasteiger partial charge in [0.05, 0.1) is 31.9 Å². The summed E-state index contributed by atoms with van der Waals surface area (Å²) in [4.78, 5) is 31.5. The topological polar surface area (TPSA) is 113 Å². The first-order valence-corrected chi connectivity index (χ1v) is 12.8. The van der Waals surface area contributed by atoms with E-state index in [0.29, 0.717) is 21.7 Å². The molecular weight excluding hydrogens is 492 g/mol. The van der Waals surface area contributed by atoms with Gasteiger partial charge < -0.3 is 18.9 Å². The predicted octanol–water partition coefficient (Wildman–Crippen LogP) is 3.74. The minimum absolute atomic E-state index is 0.0122. The van der Waals surface area contributed by atoms with E-state index in [1.54, 1.807) is 20.3 Å². The van der Waals surface area contributed by atoms with Crippen LogP contribution in [0.15, 0.2) is 39.9 Å². The first-order valence-electron chi connectivity index (χ1n) is 12.0. The van der Waals surface area contributed by atoms with Crippen molar-refractivity contribution < 1.29 is 19.1 Å². The van der Waals surface area contributed by atoms with Gasteiger partial charge in [0.2, 0.25) is 11.1 Å². The maximum absolute atomic E-state index is 12.9. The van der Waals surface area contributed by atoms with Crippen LogP contribution in [0.3, 0.4) is 0 Å². The molecule has 11 heteroatoms. The average molecular weight is 521 g/mol. The van der Waals surface area contributed by atoms with Crippen molar-refractivity contribution in [2.45, 2.75) is 33.1 Å². The largest absolute Gasteiger partial charge is 0.497 e. The second kappa shape index (κ2) is 9.89. The molecule has 1 saturated heterocycles. The van der Waals surface area contributed by atoms with Crippen molar-refractivity contribution in [2.24, 2.45) is 10.1 Å². The van der Waals surface area contributed by atoms with Gasteiger partial charge in [-0.05, 0) is 68.3 Å². The van der Waals surface area contributed by atoms with Gasteiger partial charge in [-0.3, -0.25) is 15.0 Å². The van der Waals surface area contributed by atoms with Gasteiger partial charge >= 0.3 is 0 Å². The number of thioether (sulfide) groups is 1. The number of rotatable bonds is 6. The van der Waals surface area contributed by atoms with Crippen LogP contribution in [0.25, 0.3) is 11.8 Å². The molecule has 37 heavy (non-hydrogen) atoms. The van der Waals surface area contributed by atoms with Crippen molar-refractivity contribution >= 4 is 45.7 Å². The monoisotopic (exact) mass is 520 g/mol. The van der Waals surface area contributed by atoms with Crippen LogP contribution in [0.1, 0.15) is 36.2 Å². The highest BCUT2D eigenvalue weighted by atomic mass is 32.2. The lowest BCUT2D eigenvalue weighted by Crippen LogP contribution is -2.35. The van der Waals surface area contributed by atoms with Crippen LogP contribution >= 0.6 is 11.8 Å². The molecule has 1 N–H and O–H groups in total. The number of ether oxygens (including phenoxy) is 2. The number of aromatic nitrogens is 1. The Bertz CT molecular complexity index is 1400. The summed E-state index contributed by atoms with van der Waals surface area (Å²) in [5, 5.41) is 15.3. The fraction of sp³-hybridized carbons (Fsp3) is 0.346. The number of fused-ring (bicyclic) bond motifs is 1. The number of aliphatic imine (C=N–C) groups is 1. The molecule has 0 radical (unpaired) electrons. The van der Waals surface area contributed by atoms with Gasteiger partial charge in [-0.25, -0.2) is 0 Å². The Balaban J connectivity index is 1.44. The van der Waals surface area contributed by atoms with Gasteiger partial charge in [0.25, 0.3) is 5.91 Å².